The van der Waals surface area contributed by atoms with E-state index in [9.17, 15) is 4.79 Å². The number of anilines is 3. The third-order valence-corrected chi connectivity index (χ3v) is 8.67. The van der Waals surface area contributed by atoms with E-state index in [0.717, 1.165) is 65.4 Å². The number of para-hydroxylation sites is 1. The van der Waals surface area contributed by atoms with Gasteiger partial charge in [0.15, 0.2) is 0 Å². The van der Waals surface area contributed by atoms with Crippen LogP contribution in [0, 0.1) is 5.92 Å². The van der Waals surface area contributed by atoms with Gasteiger partial charge >= 0.3 is 0 Å². The van der Waals surface area contributed by atoms with Crippen LogP contribution in [0.2, 0.25) is 0 Å². The molecule has 2 aliphatic rings. The smallest absolute Gasteiger partial charge is 0.258 e. The lowest BCUT2D eigenvalue weighted by Crippen LogP contribution is -2.33. The monoisotopic (exact) mass is 548 g/mol. The SMILES string of the molecule is CC(CNCC1CCC(Nc2nc(N(C)C)c3ccccc3n2)CC1)c1ccc(N2Cc3ccccc3C2=O)cc1. The first-order valence-corrected chi connectivity index (χ1v) is 14.9. The van der Waals surface area contributed by atoms with Crippen molar-refractivity contribution in [2.75, 3.05) is 42.3 Å². The van der Waals surface area contributed by atoms with Crippen LogP contribution in [-0.2, 0) is 6.54 Å². The average molecular weight is 549 g/mol. The fourth-order valence-electron chi connectivity index (χ4n) is 6.23. The molecular weight excluding hydrogens is 508 g/mol. The van der Waals surface area contributed by atoms with Crippen LogP contribution in [0.5, 0.6) is 0 Å². The number of carbonyl (C=O) groups is 1. The van der Waals surface area contributed by atoms with Gasteiger partial charge in [-0.05, 0) is 85.5 Å². The van der Waals surface area contributed by atoms with Gasteiger partial charge in [0.2, 0.25) is 5.95 Å². The van der Waals surface area contributed by atoms with Crippen molar-refractivity contribution in [3.63, 3.8) is 0 Å². The maximum atomic E-state index is 12.8. The number of benzene rings is 3. The van der Waals surface area contributed by atoms with Gasteiger partial charge in [0, 0.05) is 43.3 Å². The molecule has 1 atom stereocenters. The first-order valence-electron chi connectivity index (χ1n) is 14.9. The van der Waals surface area contributed by atoms with Crippen LogP contribution in [0.4, 0.5) is 17.5 Å². The van der Waals surface area contributed by atoms with Crippen molar-refractivity contribution in [1.82, 2.24) is 15.3 Å². The number of carbonyl (C=O) groups excluding carboxylic acids is 1. The summed E-state index contributed by atoms with van der Waals surface area (Å²) in [5, 5.41) is 8.43. The Kier molecular flexibility index (Phi) is 7.88. The minimum absolute atomic E-state index is 0.0936. The third-order valence-electron chi connectivity index (χ3n) is 8.67. The summed E-state index contributed by atoms with van der Waals surface area (Å²) in [5.74, 6) is 2.88. The minimum Gasteiger partial charge on any atom is -0.362 e. The van der Waals surface area contributed by atoms with Crippen molar-refractivity contribution >= 4 is 34.3 Å². The second-order valence-electron chi connectivity index (χ2n) is 11.8. The van der Waals surface area contributed by atoms with Gasteiger partial charge in [0.05, 0.1) is 12.1 Å². The quantitative estimate of drug-likeness (QED) is 0.259. The maximum Gasteiger partial charge on any atom is 0.258 e. The minimum atomic E-state index is 0.0936. The molecule has 1 amide bonds. The molecule has 1 aromatic heterocycles. The summed E-state index contributed by atoms with van der Waals surface area (Å²) in [4.78, 5) is 26.3. The highest BCUT2D eigenvalue weighted by atomic mass is 16.2. The van der Waals surface area contributed by atoms with Gasteiger partial charge in [0.25, 0.3) is 5.91 Å². The summed E-state index contributed by atoms with van der Waals surface area (Å²) in [6.07, 6.45) is 4.67. The zero-order valence-electron chi connectivity index (χ0n) is 24.3. The van der Waals surface area contributed by atoms with Gasteiger partial charge in [0.1, 0.15) is 5.82 Å². The normalized spacial score (nSPS) is 19.3. The summed E-state index contributed by atoms with van der Waals surface area (Å²) < 4.78 is 0. The Labute approximate surface area is 243 Å². The molecule has 41 heavy (non-hydrogen) atoms. The average Bonchev–Trinajstić information content (AvgIpc) is 3.34. The summed E-state index contributed by atoms with van der Waals surface area (Å²) in [7, 11) is 4.06. The standard InChI is InChI=1S/C34H40N6O/c1-23(25-14-18-28(19-15-25)40-22-26-8-4-5-9-29(26)33(40)41)20-35-21-24-12-16-27(17-13-24)36-34-37-31-11-7-6-10-30(31)32(38-34)39(2)3/h4-11,14-15,18-19,23-24,27,35H,12-13,16-17,20-22H2,1-3H3,(H,36,37,38). The van der Waals surface area contributed by atoms with Gasteiger partial charge in [-0.3, -0.25) is 4.79 Å². The largest absolute Gasteiger partial charge is 0.362 e. The van der Waals surface area contributed by atoms with E-state index in [-0.39, 0.29) is 5.91 Å². The molecule has 212 valence electrons. The van der Waals surface area contributed by atoms with Crippen LogP contribution in [0.25, 0.3) is 10.9 Å². The van der Waals surface area contributed by atoms with Gasteiger partial charge in [-0.1, -0.05) is 49.4 Å². The molecule has 7 nitrogen and oxygen atoms in total. The topological polar surface area (TPSA) is 73.4 Å². The Morgan fingerprint density at radius 1 is 0.927 bits per heavy atom. The van der Waals surface area contributed by atoms with E-state index in [0.29, 0.717) is 24.4 Å². The predicted octanol–water partition coefficient (Wildman–Crippen LogP) is 6.22. The molecule has 0 saturated heterocycles. The molecule has 6 rings (SSSR count). The molecule has 1 aliphatic carbocycles. The number of nitrogens with one attached hydrogen (secondary N) is 2. The molecule has 0 bridgehead atoms. The molecular formula is C34H40N6O. The van der Waals surface area contributed by atoms with Crippen LogP contribution in [0.15, 0.2) is 72.8 Å². The van der Waals surface area contributed by atoms with Crippen molar-refractivity contribution in [2.24, 2.45) is 5.92 Å². The molecule has 2 N–H and O–H groups in total. The number of fused-ring (bicyclic) bond motifs is 2. The van der Waals surface area contributed by atoms with E-state index in [1.807, 2.05) is 55.4 Å². The van der Waals surface area contributed by atoms with Crippen molar-refractivity contribution in [1.29, 1.82) is 0 Å². The third kappa shape index (κ3) is 5.91. The fraction of sp³-hybridized carbons (Fsp3) is 0.382. The first-order chi connectivity index (χ1) is 20.0. The summed E-state index contributed by atoms with van der Waals surface area (Å²) in [6, 6.07) is 25.0. The number of hydrogen-bond donors (Lipinski definition) is 2. The Hall–Kier alpha value is -3.97. The summed E-state index contributed by atoms with van der Waals surface area (Å²) in [5.41, 5.74) is 5.16. The van der Waals surface area contributed by atoms with Crippen LogP contribution in [-0.4, -0.2) is 49.1 Å². The first kappa shape index (κ1) is 27.2. The maximum absolute atomic E-state index is 12.8. The number of hydrogen-bond acceptors (Lipinski definition) is 6. The van der Waals surface area contributed by atoms with Gasteiger partial charge in [-0.15, -0.1) is 0 Å². The summed E-state index contributed by atoms with van der Waals surface area (Å²) >= 11 is 0. The highest BCUT2D eigenvalue weighted by Crippen LogP contribution is 2.30. The Morgan fingerprint density at radius 3 is 2.41 bits per heavy atom. The van der Waals surface area contributed by atoms with Crippen molar-refractivity contribution in [3.05, 3.63) is 89.5 Å². The van der Waals surface area contributed by atoms with E-state index in [1.54, 1.807) is 0 Å². The highest BCUT2D eigenvalue weighted by molar-refractivity contribution is 6.10. The van der Waals surface area contributed by atoms with Crippen LogP contribution in [0.1, 0.15) is 60.0 Å². The Morgan fingerprint density at radius 2 is 1.66 bits per heavy atom. The number of rotatable bonds is 9. The van der Waals surface area contributed by atoms with Crippen LogP contribution in [0.3, 0.4) is 0 Å². The van der Waals surface area contributed by atoms with Gasteiger partial charge in [-0.2, -0.15) is 4.98 Å². The molecule has 4 aromatic rings. The number of aromatic nitrogens is 2. The van der Waals surface area contributed by atoms with Crippen molar-refractivity contribution in [3.8, 4) is 0 Å². The molecule has 1 saturated carbocycles. The van der Waals surface area contributed by atoms with Crippen molar-refractivity contribution in [2.45, 2.75) is 51.1 Å². The molecule has 3 aromatic carbocycles. The lowest BCUT2D eigenvalue weighted by Gasteiger charge is -2.30. The Bertz CT molecular complexity index is 1510. The van der Waals surface area contributed by atoms with Gasteiger partial charge in [-0.25, -0.2) is 4.98 Å². The molecule has 1 fully saturated rings. The molecule has 2 heterocycles. The highest BCUT2D eigenvalue weighted by Gasteiger charge is 2.28. The van der Waals surface area contributed by atoms with Crippen LogP contribution >= 0.6 is 0 Å². The molecule has 0 spiro atoms. The lowest BCUT2D eigenvalue weighted by molar-refractivity contribution is 0.0996. The number of nitrogens with zero attached hydrogens (tertiary/aromatic N) is 4. The predicted molar refractivity (Wildman–Crippen MR) is 168 cm³/mol. The van der Waals surface area contributed by atoms with E-state index in [1.165, 1.54) is 18.4 Å². The molecule has 1 aliphatic heterocycles. The lowest BCUT2D eigenvalue weighted by atomic mass is 9.86. The zero-order valence-corrected chi connectivity index (χ0v) is 24.3. The summed E-state index contributed by atoms with van der Waals surface area (Å²) in [6.45, 7) is 4.91. The van der Waals surface area contributed by atoms with Crippen molar-refractivity contribution < 1.29 is 4.79 Å². The second-order valence-corrected chi connectivity index (χ2v) is 11.8. The second kappa shape index (κ2) is 11.9. The van der Waals surface area contributed by atoms with Gasteiger partial charge < -0.3 is 20.4 Å². The fourth-order valence-corrected chi connectivity index (χ4v) is 6.23. The van der Waals surface area contributed by atoms with E-state index in [4.69, 9.17) is 9.97 Å². The molecule has 1 unspecified atom stereocenters. The Balaban J connectivity index is 0.959. The van der Waals surface area contributed by atoms with E-state index in [2.05, 4.69) is 58.9 Å². The van der Waals surface area contributed by atoms with E-state index < -0.39 is 0 Å². The van der Waals surface area contributed by atoms with E-state index >= 15 is 0 Å². The zero-order chi connectivity index (χ0) is 28.3. The number of amides is 1. The molecule has 0 radical (unpaired) electrons. The van der Waals surface area contributed by atoms with Crippen LogP contribution < -0.4 is 20.4 Å². The molecule has 7 heteroatoms.